The molecule has 0 fully saturated rings. The monoisotopic (exact) mass is 316 g/mol. The van der Waals surface area contributed by atoms with Crippen molar-refractivity contribution in [2.45, 2.75) is 0 Å². The molecular weight excluding hydrogens is 306 g/mol. The standard InChI is InChI=1S/C16H10F2N2O3/c1-20-15(22)10-4-2-8(6-11(10)16(20)23)14(21)19-13-7-9(17)3-5-12(13)18/h2-7H,1H3,(H,19,21). The van der Waals surface area contributed by atoms with Crippen molar-refractivity contribution in [3.05, 3.63) is 64.7 Å². The van der Waals surface area contributed by atoms with Crippen LogP contribution in [-0.4, -0.2) is 29.7 Å². The van der Waals surface area contributed by atoms with Crippen LogP contribution < -0.4 is 5.32 Å². The van der Waals surface area contributed by atoms with E-state index in [-0.39, 0.29) is 22.4 Å². The number of benzene rings is 2. The first-order valence-corrected chi connectivity index (χ1v) is 6.61. The second-order valence-corrected chi connectivity index (χ2v) is 5.01. The molecule has 0 saturated carbocycles. The topological polar surface area (TPSA) is 66.5 Å². The molecule has 2 aromatic carbocycles. The maximum atomic E-state index is 13.5. The van der Waals surface area contributed by atoms with Gasteiger partial charge in [0.2, 0.25) is 0 Å². The molecule has 0 aliphatic carbocycles. The van der Waals surface area contributed by atoms with Gasteiger partial charge in [-0.2, -0.15) is 0 Å². The fourth-order valence-electron chi connectivity index (χ4n) is 2.29. The molecule has 0 radical (unpaired) electrons. The molecule has 1 aliphatic rings. The van der Waals surface area contributed by atoms with Crippen LogP contribution in [0.1, 0.15) is 31.1 Å². The van der Waals surface area contributed by atoms with Crippen LogP contribution in [0.25, 0.3) is 0 Å². The van der Waals surface area contributed by atoms with Gasteiger partial charge in [0.05, 0.1) is 16.8 Å². The van der Waals surface area contributed by atoms with Crippen LogP contribution in [0.3, 0.4) is 0 Å². The minimum atomic E-state index is -0.785. The Hall–Kier alpha value is -3.09. The number of hydrogen-bond donors (Lipinski definition) is 1. The first-order chi connectivity index (χ1) is 10.9. The van der Waals surface area contributed by atoms with Crippen molar-refractivity contribution in [2.75, 3.05) is 12.4 Å². The molecule has 7 heteroatoms. The zero-order valence-electron chi connectivity index (χ0n) is 11.9. The Morgan fingerprint density at radius 1 is 1.00 bits per heavy atom. The highest BCUT2D eigenvalue weighted by atomic mass is 19.1. The van der Waals surface area contributed by atoms with Gasteiger partial charge in [0.15, 0.2) is 0 Å². The molecule has 116 valence electrons. The molecular formula is C16H10F2N2O3. The van der Waals surface area contributed by atoms with Crippen LogP contribution in [0.4, 0.5) is 14.5 Å². The van der Waals surface area contributed by atoms with Gasteiger partial charge < -0.3 is 5.32 Å². The van der Waals surface area contributed by atoms with Gasteiger partial charge in [-0.05, 0) is 30.3 Å². The highest BCUT2D eigenvalue weighted by Crippen LogP contribution is 2.23. The summed E-state index contributed by atoms with van der Waals surface area (Å²) < 4.78 is 26.7. The lowest BCUT2D eigenvalue weighted by Gasteiger charge is -2.07. The van der Waals surface area contributed by atoms with E-state index in [4.69, 9.17) is 0 Å². The van der Waals surface area contributed by atoms with E-state index in [0.29, 0.717) is 0 Å². The van der Waals surface area contributed by atoms with E-state index >= 15 is 0 Å². The molecule has 1 N–H and O–H groups in total. The summed E-state index contributed by atoms with van der Waals surface area (Å²) in [6, 6.07) is 6.63. The zero-order valence-corrected chi connectivity index (χ0v) is 11.9. The first kappa shape index (κ1) is 14.8. The van der Waals surface area contributed by atoms with Gasteiger partial charge in [0.25, 0.3) is 17.7 Å². The first-order valence-electron chi connectivity index (χ1n) is 6.61. The molecule has 2 aromatic rings. The van der Waals surface area contributed by atoms with Gasteiger partial charge in [0.1, 0.15) is 11.6 Å². The van der Waals surface area contributed by atoms with Crippen LogP contribution in [0.15, 0.2) is 36.4 Å². The van der Waals surface area contributed by atoms with E-state index in [1.165, 1.54) is 25.2 Å². The zero-order chi connectivity index (χ0) is 16.7. The van der Waals surface area contributed by atoms with E-state index in [1.54, 1.807) is 0 Å². The molecule has 0 bridgehead atoms. The molecule has 23 heavy (non-hydrogen) atoms. The number of amides is 3. The van der Waals surface area contributed by atoms with E-state index in [9.17, 15) is 23.2 Å². The van der Waals surface area contributed by atoms with Crippen LogP contribution in [0.2, 0.25) is 0 Å². The fraction of sp³-hybridized carbons (Fsp3) is 0.0625. The summed E-state index contributed by atoms with van der Waals surface area (Å²) in [5.41, 5.74) is 0.0507. The van der Waals surface area contributed by atoms with E-state index in [0.717, 1.165) is 23.1 Å². The van der Waals surface area contributed by atoms with E-state index < -0.39 is 29.4 Å². The number of nitrogens with one attached hydrogen (secondary N) is 1. The minimum Gasteiger partial charge on any atom is -0.319 e. The minimum absolute atomic E-state index is 0.0591. The maximum Gasteiger partial charge on any atom is 0.261 e. The Kier molecular flexibility index (Phi) is 3.40. The molecule has 3 amide bonds. The molecule has 0 aromatic heterocycles. The number of carbonyl (C=O) groups excluding carboxylic acids is 3. The number of hydrogen-bond acceptors (Lipinski definition) is 3. The van der Waals surface area contributed by atoms with Gasteiger partial charge in [-0.15, -0.1) is 0 Å². The Bertz CT molecular complexity index is 864. The summed E-state index contributed by atoms with van der Waals surface area (Å²) in [6.07, 6.45) is 0. The second-order valence-electron chi connectivity index (χ2n) is 5.01. The lowest BCUT2D eigenvalue weighted by atomic mass is 10.1. The summed E-state index contributed by atoms with van der Waals surface area (Å²) in [5.74, 6) is -3.17. The van der Waals surface area contributed by atoms with E-state index in [1.807, 2.05) is 0 Å². The van der Waals surface area contributed by atoms with Gasteiger partial charge in [-0.1, -0.05) is 0 Å². The summed E-state index contributed by atoms with van der Waals surface area (Å²) in [6.45, 7) is 0. The van der Waals surface area contributed by atoms with Crippen LogP contribution in [0.5, 0.6) is 0 Å². The van der Waals surface area contributed by atoms with Crippen molar-refractivity contribution in [1.29, 1.82) is 0 Å². The SMILES string of the molecule is CN1C(=O)c2ccc(C(=O)Nc3cc(F)ccc3F)cc2C1=O. The van der Waals surface area contributed by atoms with Crippen molar-refractivity contribution in [2.24, 2.45) is 0 Å². The van der Waals surface area contributed by atoms with Crippen molar-refractivity contribution >= 4 is 23.4 Å². The normalized spacial score (nSPS) is 13.3. The summed E-state index contributed by atoms with van der Waals surface area (Å²) >= 11 is 0. The number of rotatable bonds is 2. The number of anilines is 1. The number of halogens is 2. The molecule has 0 atom stereocenters. The lowest BCUT2D eigenvalue weighted by Crippen LogP contribution is -2.24. The smallest absolute Gasteiger partial charge is 0.261 e. The van der Waals surface area contributed by atoms with Crippen molar-refractivity contribution < 1.29 is 23.2 Å². The average Bonchev–Trinajstić information content (AvgIpc) is 2.75. The van der Waals surface area contributed by atoms with E-state index in [2.05, 4.69) is 5.32 Å². The number of carbonyl (C=O) groups is 3. The highest BCUT2D eigenvalue weighted by molar-refractivity contribution is 6.22. The third kappa shape index (κ3) is 2.46. The van der Waals surface area contributed by atoms with Gasteiger partial charge in [-0.3, -0.25) is 19.3 Å². The average molecular weight is 316 g/mol. The van der Waals surface area contributed by atoms with Gasteiger partial charge in [-0.25, -0.2) is 8.78 Å². The summed E-state index contributed by atoms with van der Waals surface area (Å²) in [4.78, 5) is 36.8. The number of imide groups is 1. The Balaban J connectivity index is 1.92. The van der Waals surface area contributed by atoms with Crippen LogP contribution in [-0.2, 0) is 0 Å². The summed E-state index contributed by atoms with van der Waals surface area (Å²) in [5, 5.41) is 2.23. The lowest BCUT2D eigenvalue weighted by molar-refractivity contribution is 0.0693. The molecule has 1 aliphatic heterocycles. The van der Waals surface area contributed by atoms with Crippen LogP contribution in [0, 0.1) is 11.6 Å². The predicted molar refractivity (Wildman–Crippen MR) is 77.2 cm³/mol. The molecule has 1 heterocycles. The van der Waals surface area contributed by atoms with Crippen molar-refractivity contribution in [3.63, 3.8) is 0 Å². The Morgan fingerprint density at radius 2 is 1.70 bits per heavy atom. The number of fused-ring (bicyclic) bond motifs is 1. The maximum absolute atomic E-state index is 13.5. The molecule has 0 spiro atoms. The largest absolute Gasteiger partial charge is 0.319 e. The quantitative estimate of drug-likeness (QED) is 0.865. The van der Waals surface area contributed by atoms with Crippen LogP contribution >= 0.6 is 0 Å². The van der Waals surface area contributed by atoms with Gasteiger partial charge >= 0.3 is 0 Å². The molecule has 0 saturated heterocycles. The predicted octanol–water partition coefficient (Wildman–Crippen LogP) is 2.44. The van der Waals surface area contributed by atoms with Crippen molar-refractivity contribution in [1.82, 2.24) is 4.90 Å². The third-order valence-corrected chi connectivity index (χ3v) is 3.53. The van der Waals surface area contributed by atoms with Gasteiger partial charge in [0, 0.05) is 18.7 Å². The summed E-state index contributed by atoms with van der Waals surface area (Å²) in [7, 11) is 1.34. The Labute approximate surface area is 129 Å². The molecule has 0 unspecified atom stereocenters. The Morgan fingerprint density at radius 3 is 2.43 bits per heavy atom. The van der Waals surface area contributed by atoms with Crippen molar-refractivity contribution in [3.8, 4) is 0 Å². The number of nitrogens with zero attached hydrogens (tertiary/aromatic N) is 1. The highest BCUT2D eigenvalue weighted by Gasteiger charge is 2.33. The fourth-order valence-corrected chi connectivity index (χ4v) is 2.29. The second kappa shape index (κ2) is 5.28. The third-order valence-electron chi connectivity index (χ3n) is 3.53. The molecule has 3 rings (SSSR count). The molecule has 5 nitrogen and oxygen atoms in total.